The summed E-state index contributed by atoms with van der Waals surface area (Å²) >= 11 is 0. The van der Waals surface area contributed by atoms with Crippen LogP contribution < -0.4 is 20.1 Å². The quantitative estimate of drug-likeness (QED) is 0.227. The van der Waals surface area contributed by atoms with E-state index in [2.05, 4.69) is 10.6 Å². The summed E-state index contributed by atoms with van der Waals surface area (Å²) in [6.07, 6.45) is -0.709. The topological polar surface area (TPSA) is 176 Å². The number of benzene rings is 1. The van der Waals surface area contributed by atoms with Gasteiger partial charge in [-0.05, 0) is 46.1 Å². The molecule has 1 aromatic carbocycles. The van der Waals surface area contributed by atoms with Crippen molar-refractivity contribution >= 4 is 23.8 Å². The molecule has 0 unspecified atom stereocenters. The average molecular weight is 485 g/mol. The fourth-order valence-corrected chi connectivity index (χ4v) is 2.76. The minimum absolute atomic E-state index is 0.121. The van der Waals surface area contributed by atoms with Gasteiger partial charge in [0, 0.05) is 6.54 Å². The number of ether oxygens (including phenoxy) is 4. The molecule has 34 heavy (non-hydrogen) atoms. The van der Waals surface area contributed by atoms with Crippen molar-refractivity contribution in [1.29, 1.82) is 0 Å². The lowest BCUT2D eigenvalue weighted by Crippen LogP contribution is -2.43. The van der Waals surface area contributed by atoms with E-state index in [4.69, 9.17) is 18.9 Å². The van der Waals surface area contributed by atoms with Gasteiger partial charge in [-0.1, -0.05) is 0 Å². The number of hydrogen-bond donors (Lipinski definition) is 3. The summed E-state index contributed by atoms with van der Waals surface area (Å²) in [5, 5.41) is 25.3. The van der Waals surface area contributed by atoms with Crippen LogP contribution in [0.2, 0.25) is 0 Å². The largest absolute Gasteiger partial charge is 0.493 e. The zero-order valence-corrected chi connectivity index (χ0v) is 19.8. The fraction of sp³-hybridized carbons (Fsp3) is 0.571. The number of aliphatic carboxylic acids is 1. The molecule has 0 radical (unpaired) electrons. The van der Waals surface area contributed by atoms with Gasteiger partial charge in [0.05, 0.1) is 30.8 Å². The Balaban J connectivity index is 2.49. The molecule has 0 aromatic heterocycles. The van der Waals surface area contributed by atoms with Gasteiger partial charge in [-0.3, -0.25) is 10.1 Å². The Bertz CT molecular complexity index is 882. The number of rotatable bonds is 12. The first-order valence-corrected chi connectivity index (χ1v) is 10.4. The Morgan fingerprint density at radius 1 is 1.09 bits per heavy atom. The van der Waals surface area contributed by atoms with E-state index in [1.165, 1.54) is 26.4 Å². The molecular formula is C21H31N3O10. The summed E-state index contributed by atoms with van der Waals surface area (Å²) in [7, 11) is 2.72. The predicted octanol–water partition coefficient (Wildman–Crippen LogP) is 2.99. The fourth-order valence-electron chi connectivity index (χ4n) is 2.76. The number of alkyl carbamates (subject to hydrolysis) is 2. The van der Waals surface area contributed by atoms with Crippen LogP contribution in [-0.2, 0) is 20.9 Å². The molecule has 13 heteroatoms. The molecule has 0 aliphatic carbocycles. The van der Waals surface area contributed by atoms with Crippen LogP contribution in [-0.4, -0.2) is 60.6 Å². The lowest BCUT2D eigenvalue weighted by Gasteiger charge is -2.22. The third-order valence-corrected chi connectivity index (χ3v) is 4.32. The highest BCUT2D eigenvalue weighted by Gasteiger charge is 2.24. The number of carbonyl (C=O) groups excluding carboxylic acids is 2. The average Bonchev–Trinajstić information content (AvgIpc) is 2.74. The number of carbonyl (C=O) groups is 3. The normalized spacial score (nSPS) is 11.7. The Hall–Kier alpha value is -3.77. The van der Waals surface area contributed by atoms with Crippen LogP contribution >= 0.6 is 0 Å². The van der Waals surface area contributed by atoms with Gasteiger partial charge in [-0.15, -0.1) is 0 Å². The molecule has 3 N–H and O–H groups in total. The molecule has 0 aliphatic heterocycles. The Morgan fingerprint density at radius 3 is 2.24 bits per heavy atom. The molecule has 0 aliphatic rings. The first-order valence-electron chi connectivity index (χ1n) is 10.4. The molecule has 1 rings (SSSR count). The van der Waals surface area contributed by atoms with Gasteiger partial charge in [0.25, 0.3) is 5.69 Å². The van der Waals surface area contributed by atoms with Crippen LogP contribution in [0, 0.1) is 10.1 Å². The highest BCUT2D eigenvalue weighted by atomic mass is 16.6. The van der Waals surface area contributed by atoms with Crippen molar-refractivity contribution in [3.05, 3.63) is 27.8 Å². The van der Waals surface area contributed by atoms with E-state index >= 15 is 0 Å². The number of amides is 2. The Kier molecular flexibility index (Phi) is 10.9. The van der Waals surface area contributed by atoms with E-state index in [0.29, 0.717) is 12.8 Å². The van der Waals surface area contributed by atoms with Crippen LogP contribution in [0.4, 0.5) is 15.3 Å². The van der Waals surface area contributed by atoms with E-state index < -0.39 is 34.7 Å². The molecule has 0 spiro atoms. The van der Waals surface area contributed by atoms with E-state index in [1.807, 2.05) is 0 Å². The highest BCUT2D eigenvalue weighted by Crippen LogP contribution is 2.34. The second kappa shape index (κ2) is 13.1. The monoisotopic (exact) mass is 485 g/mol. The third-order valence-electron chi connectivity index (χ3n) is 4.32. The van der Waals surface area contributed by atoms with Gasteiger partial charge >= 0.3 is 18.2 Å². The number of hydrogen-bond acceptors (Lipinski definition) is 9. The van der Waals surface area contributed by atoms with Crippen molar-refractivity contribution in [2.24, 2.45) is 0 Å². The number of carboxylic acid groups (broad SMARTS) is 1. The van der Waals surface area contributed by atoms with Gasteiger partial charge in [0.1, 0.15) is 18.2 Å². The summed E-state index contributed by atoms with van der Waals surface area (Å²) in [5.74, 6) is -0.780. The second-order valence-electron chi connectivity index (χ2n) is 8.13. The number of methoxy groups -OCH3 is 2. The SMILES string of the molecule is COc1cc(COC(=O)NCCCC[C@H](NC(=O)OC(C)(C)C)C(=O)O)c([N+](=O)[O-])cc1OC. The molecule has 0 heterocycles. The Labute approximate surface area is 196 Å². The molecule has 2 amide bonds. The van der Waals surface area contributed by atoms with Crippen molar-refractivity contribution in [3.8, 4) is 11.5 Å². The highest BCUT2D eigenvalue weighted by molar-refractivity contribution is 5.79. The van der Waals surface area contributed by atoms with E-state index in [-0.39, 0.29) is 42.3 Å². The maximum atomic E-state index is 11.9. The summed E-state index contributed by atoms with van der Waals surface area (Å²) in [6.45, 7) is 4.79. The summed E-state index contributed by atoms with van der Waals surface area (Å²) < 4.78 is 20.2. The summed E-state index contributed by atoms with van der Waals surface area (Å²) in [5.41, 5.74) is -0.924. The zero-order valence-electron chi connectivity index (χ0n) is 19.8. The van der Waals surface area contributed by atoms with Crippen molar-refractivity contribution < 1.29 is 43.4 Å². The smallest absolute Gasteiger partial charge is 0.408 e. The van der Waals surface area contributed by atoms with Gasteiger partial charge in [0.15, 0.2) is 11.5 Å². The van der Waals surface area contributed by atoms with Crippen molar-refractivity contribution in [3.63, 3.8) is 0 Å². The zero-order chi connectivity index (χ0) is 25.9. The molecule has 0 fully saturated rings. The van der Waals surface area contributed by atoms with Crippen molar-refractivity contribution in [2.45, 2.75) is 58.3 Å². The van der Waals surface area contributed by atoms with E-state index in [9.17, 15) is 29.6 Å². The number of nitro benzene ring substituents is 1. The minimum atomic E-state index is -1.20. The number of nitrogens with one attached hydrogen (secondary N) is 2. The van der Waals surface area contributed by atoms with E-state index in [1.54, 1.807) is 20.8 Å². The van der Waals surface area contributed by atoms with Gasteiger partial charge in [-0.25, -0.2) is 14.4 Å². The molecule has 1 atom stereocenters. The molecule has 0 saturated heterocycles. The first-order chi connectivity index (χ1) is 15.9. The van der Waals surface area contributed by atoms with Crippen LogP contribution in [0.5, 0.6) is 11.5 Å². The van der Waals surface area contributed by atoms with Crippen LogP contribution in [0.3, 0.4) is 0 Å². The van der Waals surface area contributed by atoms with Gasteiger partial charge < -0.3 is 34.7 Å². The van der Waals surface area contributed by atoms with E-state index in [0.717, 1.165) is 0 Å². The predicted molar refractivity (Wildman–Crippen MR) is 119 cm³/mol. The third kappa shape index (κ3) is 9.79. The number of carboxylic acids is 1. The first kappa shape index (κ1) is 28.3. The number of nitro groups is 1. The molecule has 0 saturated carbocycles. The number of nitrogens with zero attached hydrogens (tertiary/aromatic N) is 1. The lowest BCUT2D eigenvalue weighted by atomic mass is 10.1. The summed E-state index contributed by atoms with van der Waals surface area (Å²) in [4.78, 5) is 45.7. The molecule has 1 aromatic rings. The van der Waals surface area contributed by atoms with Crippen LogP contribution in [0.1, 0.15) is 45.6 Å². The molecule has 190 valence electrons. The van der Waals surface area contributed by atoms with Gasteiger partial charge in [-0.2, -0.15) is 0 Å². The second-order valence-corrected chi connectivity index (χ2v) is 8.13. The van der Waals surface area contributed by atoms with Crippen molar-refractivity contribution in [2.75, 3.05) is 20.8 Å². The standard InChI is InChI=1S/C21H31N3O10/c1-21(2,3)34-20(28)23-14(18(25)26)8-6-7-9-22-19(27)33-12-13-10-16(31-4)17(32-5)11-15(13)24(29)30/h10-11,14H,6-9,12H2,1-5H3,(H,22,27)(H,23,28)(H,25,26)/t14-/m0/s1. The van der Waals surface area contributed by atoms with Crippen LogP contribution in [0.25, 0.3) is 0 Å². The molecular weight excluding hydrogens is 454 g/mol. The van der Waals surface area contributed by atoms with Gasteiger partial charge in [0.2, 0.25) is 0 Å². The minimum Gasteiger partial charge on any atom is -0.493 e. The Morgan fingerprint density at radius 2 is 1.71 bits per heavy atom. The lowest BCUT2D eigenvalue weighted by molar-refractivity contribution is -0.385. The van der Waals surface area contributed by atoms with Crippen molar-refractivity contribution in [1.82, 2.24) is 10.6 Å². The molecule has 13 nitrogen and oxygen atoms in total. The molecule has 0 bridgehead atoms. The van der Waals surface area contributed by atoms with Crippen LogP contribution in [0.15, 0.2) is 12.1 Å². The maximum Gasteiger partial charge on any atom is 0.408 e. The number of unbranched alkanes of at least 4 members (excludes halogenated alkanes) is 1. The maximum absolute atomic E-state index is 11.9. The summed E-state index contributed by atoms with van der Waals surface area (Å²) in [6, 6.07) is 1.40.